The number of amides is 2. The SMILES string of the molecule is CCOC(=O)C1=C(COC(=O)c2ccc3nccnc3c2)NC(=O)N[C@@H]1CC. The summed E-state index contributed by atoms with van der Waals surface area (Å²) in [5.41, 5.74) is 1.97. The van der Waals surface area contributed by atoms with Gasteiger partial charge in [0.1, 0.15) is 6.61 Å². The molecule has 0 saturated heterocycles. The molecular formula is C19H20N4O5. The number of rotatable bonds is 6. The minimum absolute atomic E-state index is 0.192. The van der Waals surface area contributed by atoms with Gasteiger partial charge in [-0.1, -0.05) is 6.92 Å². The van der Waals surface area contributed by atoms with E-state index < -0.39 is 24.0 Å². The summed E-state index contributed by atoms with van der Waals surface area (Å²) in [4.78, 5) is 44.9. The molecule has 2 N–H and O–H groups in total. The number of carbonyl (C=O) groups is 3. The van der Waals surface area contributed by atoms with Crippen molar-refractivity contribution in [2.45, 2.75) is 26.3 Å². The Kier molecular flexibility index (Phi) is 5.83. The molecule has 28 heavy (non-hydrogen) atoms. The van der Waals surface area contributed by atoms with Gasteiger partial charge in [-0.2, -0.15) is 0 Å². The van der Waals surface area contributed by atoms with Gasteiger partial charge in [-0.05, 0) is 31.5 Å². The summed E-state index contributed by atoms with van der Waals surface area (Å²) in [5, 5.41) is 5.20. The zero-order valence-electron chi connectivity index (χ0n) is 15.5. The van der Waals surface area contributed by atoms with Gasteiger partial charge in [0, 0.05) is 12.4 Å². The molecular weight excluding hydrogens is 364 g/mol. The Labute approximate surface area is 161 Å². The molecule has 1 atom stereocenters. The number of nitrogens with zero attached hydrogens (tertiary/aromatic N) is 2. The molecule has 0 radical (unpaired) electrons. The average molecular weight is 384 g/mol. The fraction of sp³-hybridized carbons (Fsp3) is 0.316. The number of urea groups is 1. The number of esters is 2. The molecule has 146 valence electrons. The van der Waals surface area contributed by atoms with Gasteiger partial charge in [0.2, 0.25) is 0 Å². The standard InChI is InChI=1S/C19H20N4O5/c1-3-12-16(18(25)27-4-2)15(23-19(26)22-12)10-28-17(24)11-5-6-13-14(9-11)21-8-7-20-13/h5-9,12H,3-4,10H2,1-2H3,(H2,22,23,26)/t12-/m1/s1. The summed E-state index contributed by atoms with van der Waals surface area (Å²) in [6.07, 6.45) is 3.58. The van der Waals surface area contributed by atoms with E-state index in [2.05, 4.69) is 20.6 Å². The van der Waals surface area contributed by atoms with Gasteiger partial charge in [0.15, 0.2) is 0 Å². The van der Waals surface area contributed by atoms with E-state index in [0.717, 1.165) is 0 Å². The Morgan fingerprint density at radius 1 is 1.07 bits per heavy atom. The van der Waals surface area contributed by atoms with Crippen molar-refractivity contribution in [3.8, 4) is 0 Å². The van der Waals surface area contributed by atoms with Gasteiger partial charge in [0.05, 0.1) is 40.5 Å². The molecule has 9 nitrogen and oxygen atoms in total. The Hall–Kier alpha value is -3.49. The van der Waals surface area contributed by atoms with Crippen LogP contribution in [0.2, 0.25) is 0 Å². The van der Waals surface area contributed by atoms with Crippen molar-refractivity contribution in [1.82, 2.24) is 20.6 Å². The molecule has 0 fully saturated rings. The highest BCUT2D eigenvalue weighted by atomic mass is 16.5. The lowest BCUT2D eigenvalue weighted by Crippen LogP contribution is -2.51. The third-order valence-corrected chi connectivity index (χ3v) is 4.20. The zero-order chi connectivity index (χ0) is 20.1. The number of aromatic nitrogens is 2. The molecule has 9 heteroatoms. The van der Waals surface area contributed by atoms with Crippen LogP contribution < -0.4 is 10.6 Å². The summed E-state index contributed by atoms with van der Waals surface area (Å²) in [6.45, 7) is 3.44. The van der Waals surface area contributed by atoms with Gasteiger partial charge in [-0.15, -0.1) is 0 Å². The van der Waals surface area contributed by atoms with Gasteiger partial charge < -0.3 is 20.1 Å². The molecule has 0 spiro atoms. The fourth-order valence-corrected chi connectivity index (χ4v) is 2.89. The Morgan fingerprint density at radius 2 is 1.82 bits per heavy atom. The second-order valence-corrected chi connectivity index (χ2v) is 6.01. The van der Waals surface area contributed by atoms with E-state index in [9.17, 15) is 14.4 Å². The third-order valence-electron chi connectivity index (χ3n) is 4.20. The summed E-state index contributed by atoms with van der Waals surface area (Å²) in [7, 11) is 0. The van der Waals surface area contributed by atoms with Crippen LogP contribution in [0.5, 0.6) is 0 Å². The molecule has 2 aromatic rings. The van der Waals surface area contributed by atoms with Crippen LogP contribution in [0.1, 0.15) is 30.6 Å². The molecule has 0 bridgehead atoms. The van der Waals surface area contributed by atoms with Crippen LogP contribution in [0.4, 0.5) is 4.79 Å². The lowest BCUT2D eigenvalue weighted by atomic mass is 10.0. The zero-order valence-corrected chi connectivity index (χ0v) is 15.5. The van der Waals surface area contributed by atoms with Crippen LogP contribution in [0.25, 0.3) is 11.0 Å². The normalized spacial score (nSPS) is 16.4. The van der Waals surface area contributed by atoms with Crippen molar-refractivity contribution in [2.75, 3.05) is 13.2 Å². The number of carbonyl (C=O) groups excluding carboxylic acids is 3. The summed E-state index contributed by atoms with van der Waals surface area (Å²) in [5.74, 6) is -1.17. The fourth-order valence-electron chi connectivity index (χ4n) is 2.89. The van der Waals surface area contributed by atoms with Crippen LogP contribution in [-0.4, -0.2) is 47.2 Å². The van der Waals surface area contributed by atoms with Crippen LogP contribution >= 0.6 is 0 Å². The lowest BCUT2D eigenvalue weighted by molar-refractivity contribution is -0.139. The lowest BCUT2D eigenvalue weighted by Gasteiger charge is -2.28. The highest BCUT2D eigenvalue weighted by molar-refractivity contribution is 5.96. The minimum Gasteiger partial charge on any atom is -0.463 e. The first-order chi connectivity index (χ1) is 13.5. The van der Waals surface area contributed by atoms with Gasteiger partial charge >= 0.3 is 18.0 Å². The topological polar surface area (TPSA) is 120 Å². The van der Waals surface area contributed by atoms with Gasteiger partial charge in [-0.3, -0.25) is 9.97 Å². The molecule has 2 amide bonds. The predicted molar refractivity (Wildman–Crippen MR) is 99.2 cm³/mol. The van der Waals surface area contributed by atoms with Crippen molar-refractivity contribution in [3.63, 3.8) is 0 Å². The van der Waals surface area contributed by atoms with E-state index in [0.29, 0.717) is 23.0 Å². The molecule has 0 aliphatic carbocycles. The molecule has 1 aliphatic heterocycles. The van der Waals surface area contributed by atoms with Gasteiger partial charge in [0.25, 0.3) is 0 Å². The Bertz CT molecular complexity index is 956. The molecule has 1 aromatic carbocycles. The highest BCUT2D eigenvalue weighted by Crippen LogP contribution is 2.18. The van der Waals surface area contributed by atoms with Crippen molar-refractivity contribution < 1.29 is 23.9 Å². The second-order valence-electron chi connectivity index (χ2n) is 6.01. The second kappa shape index (κ2) is 8.47. The quantitative estimate of drug-likeness (QED) is 0.727. The summed E-state index contributed by atoms with van der Waals surface area (Å²) >= 11 is 0. The first kappa shape index (κ1) is 19.3. The van der Waals surface area contributed by atoms with Gasteiger partial charge in [-0.25, -0.2) is 14.4 Å². The van der Waals surface area contributed by atoms with E-state index in [4.69, 9.17) is 9.47 Å². The molecule has 1 aliphatic rings. The van der Waals surface area contributed by atoms with Crippen molar-refractivity contribution in [3.05, 3.63) is 47.4 Å². The number of fused-ring (bicyclic) bond motifs is 1. The molecule has 2 heterocycles. The first-order valence-corrected chi connectivity index (χ1v) is 8.89. The number of hydrogen-bond donors (Lipinski definition) is 2. The van der Waals surface area contributed by atoms with Crippen LogP contribution in [0.15, 0.2) is 41.9 Å². The van der Waals surface area contributed by atoms with E-state index in [1.165, 1.54) is 6.20 Å². The van der Waals surface area contributed by atoms with Crippen LogP contribution in [0, 0.1) is 0 Å². The molecule has 3 rings (SSSR count). The average Bonchev–Trinajstić information content (AvgIpc) is 2.71. The maximum absolute atomic E-state index is 12.4. The summed E-state index contributed by atoms with van der Waals surface area (Å²) < 4.78 is 10.4. The Balaban J connectivity index is 1.81. The van der Waals surface area contributed by atoms with Crippen LogP contribution in [-0.2, 0) is 14.3 Å². The molecule has 0 unspecified atom stereocenters. The number of hydrogen-bond acceptors (Lipinski definition) is 7. The first-order valence-electron chi connectivity index (χ1n) is 8.89. The van der Waals surface area contributed by atoms with E-state index in [-0.39, 0.29) is 24.5 Å². The third kappa shape index (κ3) is 4.08. The minimum atomic E-state index is -0.607. The monoisotopic (exact) mass is 384 g/mol. The predicted octanol–water partition coefficient (Wildman–Crippen LogP) is 1.70. The number of nitrogens with one attached hydrogen (secondary N) is 2. The van der Waals surface area contributed by atoms with Crippen LogP contribution in [0.3, 0.4) is 0 Å². The van der Waals surface area contributed by atoms with E-state index in [1.54, 1.807) is 31.3 Å². The maximum Gasteiger partial charge on any atom is 0.338 e. The number of benzene rings is 1. The van der Waals surface area contributed by atoms with E-state index >= 15 is 0 Å². The number of ether oxygens (including phenoxy) is 2. The summed E-state index contributed by atoms with van der Waals surface area (Å²) in [6, 6.07) is 3.84. The van der Waals surface area contributed by atoms with Crippen molar-refractivity contribution in [2.24, 2.45) is 0 Å². The molecule has 1 aromatic heterocycles. The largest absolute Gasteiger partial charge is 0.463 e. The van der Waals surface area contributed by atoms with Crippen molar-refractivity contribution in [1.29, 1.82) is 0 Å². The van der Waals surface area contributed by atoms with Crippen molar-refractivity contribution >= 4 is 29.0 Å². The maximum atomic E-state index is 12.4. The molecule has 0 saturated carbocycles. The highest BCUT2D eigenvalue weighted by Gasteiger charge is 2.32. The van der Waals surface area contributed by atoms with E-state index in [1.807, 2.05) is 6.92 Å². The smallest absolute Gasteiger partial charge is 0.338 e. The Morgan fingerprint density at radius 3 is 2.54 bits per heavy atom.